The minimum atomic E-state index is -1.41. The number of hydrogen-bond acceptors (Lipinski definition) is 10. The summed E-state index contributed by atoms with van der Waals surface area (Å²) in [6.07, 6.45) is 10.2. The highest BCUT2D eigenvalue weighted by Crippen LogP contribution is 2.64. The topological polar surface area (TPSA) is 139 Å². The lowest BCUT2D eigenvalue weighted by Gasteiger charge is -2.50. The molecule has 0 radical (unpaired) electrons. The van der Waals surface area contributed by atoms with E-state index in [1.807, 2.05) is 48.5 Å². The van der Waals surface area contributed by atoms with Gasteiger partial charge in [-0.25, -0.2) is 0 Å². The molecule has 10 atom stereocenters. The van der Waals surface area contributed by atoms with Gasteiger partial charge in [-0.2, -0.15) is 5.06 Å². The molecule has 4 saturated heterocycles. The molecule has 2 bridgehead atoms. The number of carbonyl (C=O) groups excluding carboxylic acids is 3. The summed E-state index contributed by atoms with van der Waals surface area (Å²) in [5.41, 5.74) is 1.43. The molecule has 12 nitrogen and oxygen atoms in total. The molecular formula is C43H51N3O9. The molecule has 4 aliphatic carbocycles. The van der Waals surface area contributed by atoms with Crippen molar-refractivity contribution in [2.45, 2.75) is 119 Å². The molecule has 2 aromatic carbocycles. The van der Waals surface area contributed by atoms with Gasteiger partial charge >= 0.3 is 5.97 Å². The molecular weight excluding hydrogens is 702 g/mol. The van der Waals surface area contributed by atoms with Gasteiger partial charge in [0.25, 0.3) is 0 Å². The lowest BCUT2D eigenvalue weighted by molar-refractivity contribution is -0.235. The lowest BCUT2D eigenvalue weighted by Crippen LogP contribution is -2.70. The number of fused-ring (bicyclic) bond motifs is 5. The number of aliphatic hydroxyl groups is 1. The first kappa shape index (κ1) is 35.7. The summed E-state index contributed by atoms with van der Waals surface area (Å²) in [5, 5.41) is 14.0. The number of aliphatic hydroxyl groups excluding tert-OH is 1. The smallest absolute Gasteiger partial charge is 0.327 e. The Bertz CT molecular complexity index is 1840. The van der Waals surface area contributed by atoms with Crippen LogP contribution in [0.4, 0.5) is 0 Å². The second-order valence-corrected chi connectivity index (χ2v) is 17.1. The van der Waals surface area contributed by atoms with Crippen molar-refractivity contribution in [3.05, 3.63) is 77.4 Å². The van der Waals surface area contributed by atoms with E-state index < -0.39 is 53.7 Å². The summed E-state index contributed by atoms with van der Waals surface area (Å²) in [4.78, 5) is 52.3. The van der Waals surface area contributed by atoms with E-state index in [0.717, 1.165) is 61.6 Å². The molecule has 55 heavy (non-hydrogen) atoms. The molecule has 3 unspecified atom stereocenters. The van der Waals surface area contributed by atoms with Gasteiger partial charge in [0.05, 0.1) is 25.4 Å². The fraction of sp³-hybridized carbons (Fsp3) is 0.605. The monoisotopic (exact) mass is 753 g/mol. The molecule has 4 aliphatic heterocycles. The Morgan fingerprint density at radius 1 is 0.964 bits per heavy atom. The van der Waals surface area contributed by atoms with Crippen LogP contribution in [0, 0.1) is 23.2 Å². The number of rotatable bonds is 13. The predicted octanol–water partition coefficient (Wildman–Crippen LogP) is 3.55. The highest BCUT2D eigenvalue weighted by molar-refractivity contribution is 5.96. The van der Waals surface area contributed by atoms with Gasteiger partial charge in [0.2, 0.25) is 11.8 Å². The lowest BCUT2D eigenvalue weighted by atomic mass is 9.62. The van der Waals surface area contributed by atoms with Crippen LogP contribution in [0.15, 0.2) is 60.7 Å². The first-order valence-corrected chi connectivity index (χ1v) is 20.4. The number of amides is 2. The van der Waals surface area contributed by atoms with Gasteiger partial charge in [0.1, 0.15) is 35.9 Å². The number of nitrogens with one attached hydrogen (secondary N) is 1. The SMILES string of the molecule is CN(C(=O)[C@@]12C[C@H]3OC(=O)[C@@H]1N(Cc1ccccc1C=CC1CCC4OC4C1)O[C@@H]2[C@H]1OC(C2CC2)(C2CC2)O[C@H]13)[C@H](Cc1ccccc1)C(=O)NCCO. The number of nitrogens with zero attached hydrogens (tertiary/aromatic N) is 2. The van der Waals surface area contributed by atoms with Crippen LogP contribution in [0.5, 0.6) is 0 Å². The van der Waals surface area contributed by atoms with E-state index in [-0.39, 0.29) is 56.2 Å². The van der Waals surface area contributed by atoms with Crippen LogP contribution in [0.2, 0.25) is 0 Å². The van der Waals surface area contributed by atoms with Gasteiger partial charge in [-0.1, -0.05) is 66.7 Å². The number of epoxide rings is 1. The van der Waals surface area contributed by atoms with Crippen molar-refractivity contribution in [2.24, 2.45) is 23.2 Å². The van der Waals surface area contributed by atoms with Crippen LogP contribution < -0.4 is 5.32 Å². The first-order valence-electron chi connectivity index (χ1n) is 20.4. The Morgan fingerprint density at radius 3 is 2.45 bits per heavy atom. The zero-order valence-corrected chi connectivity index (χ0v) is 31.3. The molecule has 12 heteroatoms. The van der Waals surface area contributed by atoms with Gasteiger partial charge in [-0.3, -0.25) is 19.2 Å². The largest absolute Gasteiger partial charge is 0.458 e. The van der Waals surface area contributed by atoms with E-state index in [2.05, 4.69) is 23.5 Å². The van der Waals surface area contributed by atoms with Gasteiger partial charge in [-0.15, -0.1) is 0 Å². The fourth-order valence-corrected chi connectivity index (χ4v) is 10.5. The fourth-order valence-electron chi connectivity index (χ4n) is 10.5. The molecule has 4 saturated carbocycles. The van der Waals surface area contributed by atoms with E-state index in [1.54, 1.807) is 12.1 Å². The summed E-state index contributed by atoms with van der Waals surface area (Å²) in [6.45, 7) is 0.0527. The number of allylic oxidation sites excluding steroid dienone is 1. The minimum Gasteiger partial charge on any atom is -0.458 e. The summed E-state index contributed by atoms with van der Waals surface area (Å²) in [5.74, 6) is -1.10. The molecule has 8 fully saturated rings. The molecule has 10 rings (SSSR count). The van der Waals surface area contributed by atoms with E-state index >= 15 is 4.79 Å². The zero-order chi connectivity index (χ0) is 37.5. The number of benzene rings is 2. The third-order valence-electron chi connectivity index (χ3n) is 13.6. The molecule has 0 spiro atoms. The number of hydrogen-bond donors (Lipinski definition) is 2. The number of hydroxylamine groups is 2. The summed E-state index contributed by atoms with van der Waals surface area (Å²) in [6, 6.07) is 15.6. The van der Waals surface area contributed by atoms with E-state index in [0.29, 0.717) is 18.1 Å². The normalized spacial score (nSPS) is 36.1. The van der Waals surface area contributed by atoms with Gasteiger partial charge in [0, 0.05) is 38.3 Å². The van der Waals surface area contributed by atoms with Gasteiger partial charge in [-0.05, 0) is 67.6 Å². The maximum atomic E-state index is 15.5. The maximum absolute atomic E-state index is 15.5. The molecule has 2 aromatic rings. The number of carbonyl (C=O) groups is 3. The number of esters is 1. The van der Waals surface area contributed by atoms with Crippen molar-refractivity contribution < 1.29 is 43.3 Å². The van der Waals surface area contributed by atoms with Gasteiger partial charge < -0.3 is 34.3 Å². The minimum absolute atomic E-state index is 0.0522. The third kappa shape index (κ3) is 6.15. The second kappa shape index (κ2) is 13.8. The highest BCUT2D eigenvalue weighted by atomic mass is 16.8. The standard InChI is InChI=1S/C43H51N3O9/c1-45(31(39(48)44-19-20-47)21-25-7-3-2-4-8-25)41(50)42-23-34-35-36(54-43(53-35,29-14-15-29)30-16-17-30)38(42)55-46(37(42)40(49)52-34)24-28-10-6-5-9-27(28)13-11-26-12-18-32-33(22-26)51-32/h2-11,13,26,29-38,47H,12,14-24H2,1H3,(H,44,48)/t26?,31-,32?,33?,34-,35+,36+,37+,38-,42+/m1/s1. The van der Waals surface area contributed by atoms with E-state index in [1.165, 1.54) is 4.90 Å². The average molecular weight is 754 g/mol. The van der Waals surface area contributed by atoms with Crippen LogP contribution in [0.25, 0.3) is 6.08 Å². The Balaban J connectivity index is 1.01. The van der Waals surface area contributed by atoms with Crippen molar-refractivity contribution in [3.63, 3.8) is 0 Å². The average Bonchev–Trinajstić information content (AvgIpc) is 4.10. The molecule has 0 aromatic heterocycles. The van der Waals surface area contributed by atoms with Crippen LogP contribution >= 0.6 is 0 Å². The Hall–Kier alpha value is -3.65. The van der Waals surface area contributed by atoms with Crippen LogP contribution in [-0.2, 0) is 51.1 Å². The third-order valence-corrected chi connectivity index (χ3v) is 13.6. The van der Waals surface area contributed by atoms with E-state index in [4.69, 9.17) is 23.8 Å². The predicted molar refractivity (Wildman–Crippen MR) is 197 cm³/mol. The molecule has 292 valence electrons. The van der Waals surface area contributed by atoms with E-state index in [9.17, 15) is 14.7 Å². The van der Waals surface area contributed by atoms with Crippen LogP contribution in [-0.4, -0.2) is 108 Å². The highest BCUT2D eigenvalue weighted by Gasteiger charge is 2.78. The molecule has 2 amide bonds. The molecule has 4 heterocycles. The quantitative estimate of drug-likeness (QED) is 0.231. The summed E-state index contributed by atoms with van der Waals surface area (Å²) in [7, 11) is 1.64. The maximum Gasteiger partial charge on any atom is 0.327 e. The van der Waals surface area contributed by atoms with Crippen LogP contribution in [0.3, 0.4) is 0 Å². The first-order chi connectivity index (χ1) is 26.8. The number of ether oxygens (including phenoxy) is 4. The van der Waals surface area contributed by atoms with Crippen molar-refractivity contribution in [3.8, 4) is 0 Å². The van der Waals surface area contributed by atoms with Gasteiger partial charge in [0.15, 0.2) is 11.8 Å². The second-order valence-electron chi connectivity index (χ2n) is 17.1. The number of likely N-dealkylation sites (N-methyl/N-ethyl adjacent to an activating group) is 1. The Labute approximate surface area is 321 Å². The van der Waals surface area contributed by atoms with Crippen molar-refractivity contribution in [1.82, 2.24) is 15.3 Å². The zero-order valence-electron chi connectivity index (χ0n) is 31.3. The Kier molecular flexibility index (Phi) is 8.95. The summed E-state index contributed by atoms with van der Waals surface area (Å²) < 4.78 is 26.1. The van der Waals surface area contributed by atoms with Crippen molar-refractivity contribution in [2.75, 3.05) is 20.2 Å². The Morgan fingerprint density at radius 2 is 1.71 bits per heavy atom. The van der Waals surface area contributed by atoms with Crippen molar-refractivity contribution >= 4 is 23.9 Å². The van der Waals surface area contributed by atoms with Crippen LogP contribution in [0.1, 0.15) is 68.1 Å². The summed E-state index contributed by atoms with van der Waals surface area (Å²) >= 11 is 0. The molecule has 8 aliphatic rings. The molecule has 2 N–H and O–H groups in total. The van der Waals surface area contributed by atoms with Crippen molar-refractivity contribution in [1.29, 1.82) is 0 Å².